The Morgan fingerprint density at radius 3 is 2.52 bits per heavy atom. The SMILES string of the molecule is CNC(C)(C)CCCNS(=O)(=O)c1cc(OC)ccc1C. The van der Waals surface area contributed by atoms with Crippen molar-refractivity contribution in [3.05, 3.63) is 23.8 Å². The molecule has 0 heterocycles. The van der Waals surface area contributed by atoms with Gasteiger partial charge in [-0.1, -0.05) is 6.07 Å². The zero-order valence-electron chi connectivity index (χ0n) is 13.5. The zero-order chi connectivity index (χ0) is 16.1. The van der Waals surface area contributed by atoms with Crippen molar-refractivity contribution in [3.8, 4) is 5.75 Å². The number of aryl methyl sites for hydroxylation is 1. The maximum atomic E-state index is 12.3. The van der Waals surface area contributed by atoms with Gasteiger partial charge in [-0.3, -0.25) is 0 Å². The number of hydrogen-bond acceptors (Lipinski definition) is 4. The lowest BCUT2D eigenvalue weighted by Gasteiger charge is -2.23. The molecule has 21 heavy (non-hydrogen) atoms. The molecule has 2 N–H and O–H groups in total. The lowest BCUT2D eigenvalue weighted by atomic mass is 9.99. The first kappa shape index (κ1) is 17.9. The van der Waals surface area contributed by atoms with Gasteiger partial charge >= 0.3 is 0 Å². The average Bonchev–Trinajstić information content (AvgIpc) is 2.44. The Bertz CT molecular complexity index is 568. The summed E-state index contributed by atoms with van der Waals surface area (Å²) in [5.41, 5.74) is 0.719. The molecule has 0 saturated carbocycles. The molecule has 0 bridgehead atoms. The second-order valence-corrected chi connectivity index (χ2v) is 7.50. The van der Waals surface area contributed by atoms with Crippen molar-refractivity contribution in [1.82, 2.24) is 10.0 Å². The predicted octanol–water partition coefficient (Wildman–Crippen LogP) is 2.06. The molecule has 0 spiro atoms. The van der Waals surface area contributed by atoms with Crippen molar-refractivity contribution in [2.24, 2.45) is 0 Å². The number of benzene rings is 1. The Kier molecular flexibility index (Phi) is 6.19. The van der Waals surface area contributed by atoms with Crippen molar-refractivity contribution >= 4 is 10.0 Å². The summed E-state index contributed by atoms with van der Waals surface area (Å²) >= 11 is 0. The monoisotopic (exact) mass is 314 g/mol. The molecule has 0 fully saturated rings. The van der Waals surface area contributed by atoms with Crippen LogP contribution in [0.25, 0.3) is 0 Å². The molecular weight excluding hydrogens is 288 g/mol. The number of ether oxygens (including phenoxy) is 1. The molecule has 0 aliphatic heterocycles. The van der Waals surface area contributed by atoms with E-state index in [2.05, 4.69) is 23.9 Å². The van der Waals surface area contributed by atoms with Crippen LogP contribution in [0.1, 0.15) is 32.3 Å². The van der Waals surface area contributed by atoms with E-state index in [1.54, 1.807) is 25.1 Å². The fourth-order valence-corrected chi connectivity index (χ4v) is 3.27. The highest BCUT2D eigenvalue weighted by atomic mass is 32.2. The summed E-state index contributed by atoms with van der Waals surface area (Å²) in [4.78, 5) is 0.273. The van der Waals surface area contributed by atoms with Gasteiger partial charge in [0.15, 0.2) is 0 Å². The van der Waals surface area contributed by atoms with Gasteiger partial charge in [0, 0.05) is 18.2 Å². The number of hydrogen-bond donors (Lipinski definition) is 2. The molecule has 5 nitrogen and oxygen atoms in total. The van der Waals surface area contributed by atoms with E-state index in [0.717, 1.165) is 12.8 Å². The first-order valence-corrected chi connectivity index (χ1v) is 8.53. The fraction of sp³-hybridized carbons (Fsp3) is 0.600. The van der Waals surface area contributed by atoms with E-state index < -0.39 is 10.0 Å². The largest absolute Gasteiger partial charge is 0.497 e. The quantitative estimate of drug-likeness (QED) is 0.721. The minimum absolute atomic E-state index is 0.0112. The smallest absolute Gasteiger partial charge is 0.240 e. The number of nitrogens with one attached hydrogen (secondary N) is 2. The highest BCUT2D eigenvalue weighted by Gasteiger charge is 2.18. The standard InChI is InChI=1S/C15H26N2O3S/c1-12-7-8-13(20-5)11-14(12)21(18,19)17-10-6-9-15(2,3)16-4/h7-8,11,16-17H,6,9-10H2,1-5H3. The van der Waals surface area contributed by atoms with Gasteiger partial charge in [0.25, 0.3) is 0 Å². The summed E-state index contributed by atoms with van der Waals surface area (Å²) in [5, 5.41) is 3.20. The van der Waals surface area contributed by atoms with Crippen molar-refractivity contribution in [3.63, 3.8) is 0 Å². The van der Waals surface area contributed by atoms with Gasteiger partial charge < -0.3 is 10.1 Å². The molecule has 0 aliphatic carbocycles. The first-order valence-electron chi connectivity index (χ1n) is 7.05. The maximum absolute atomic E-state index is 12.3. The highest BCUT2D eigenvalue weighted by molar-refractivity contribution is 7.89. The Hall–Kier alpha value is -1.11. The third-order valence-corrected chi connectivity index (χ3v) is 5.24. The maximum Gasteiger partial charge on any atom is 0.240 e. The van der Waals surface area contributed by atoms with Crippen LogP contribution in [0.5, 0.6) is 5.75 Å². The number of sulfonamides is 1. The second kappa shape index (κ2) is 7.24. The molecule has 0 unspecified atom stereocenters. The van der Waals surface area contributed by atoms with E-state index in [9.17, 15) is 8.42 Å². The number of rotatable bonds is 8. The van der Waals surface area contributed by atoms with Crippen LogP contribution in [-0.2, 0) is 10.0 Å². The van der Waals surface area contributed by atoms with Crippen LogP contribution in [0.3, 0.4) is 0 Å². The molecule has 0 aromatic heterocycles. The third-order valence-electron chi connectivity index (χ3n) is 3.63. The summed E-state index contributed by atoms with van der Waals surface area (Å²) in [7, 11) is -0.0697. The molecule has 1 aromatic rings. The Morgan fingerprint density at radius 1 is 1.29 bits per heavy atom. The molecule has 120 valence electrons. The van der Waals surface area contributed by atoms with Gasteiger partial charge in [-0.15, -0.1) is 0 Å². The van der Waals surface area contributed by atoms with Crippen molar-refractivity contribution < 1.29 is 13.2 Å². The highest BCUT2D eigenvalue weighted by Crippen LogP contribution is 2.21. The van der Waals surface area contributed by atoms with Crippen LogP contribution in [-0.4, -0.2) is 34.7 Å². The van der Waals surface area contributed by atoms with Crippen LogP contribution >= 0.6 is 0 Å². The van der Waals surface area contributed by atoms with Gasteiger partial charge in [0.1, 0.15) is 5.75 Å². The van der Waals surface area contributed by atoms with E-state index >= 15 is 0 Å². The topological polar surface area (TPSA) is 67.4 Å². The fourth-order valence-electron chi connectivity index (χ4n) is 1.94. The van der Waals surface area contributed by atoms with Gasteiger partial charge in [-0.2, -0.15) is 0 Å². The molecular formula is C15H26N2O3S. The molecule has 1 aromatic carbocycles. The molecule has 0 saturated heterocycles. The zero-order valence-corrected chi connectivity index (χ0v) is 14.3. The van der Waals surface area contributed by atoms with Crippen molar-refractivity contribution in [2.75, 3.05) is 20.7 Å². The Morgan fingerprint density at radius 2 is 1.95 bits per heavy atom. The first-order chi connectivity index (χ1) is 9.72. The lowest BCUT2D eigenvalue weighted by molar-refractivity contribution is 0.382. The lowest BCUT2D eigenvalue weighted by Crippen LogP contribution is -2.37. The van der Waals surface area contributed by atoms with Crippen molar-refractivity contribution in [2.45, 2.75) is 44.0 Å². The number of methoxy groups -OCH3 is 1. The summed E-state index contributed by atoms with van der Waals surface area (Å²) in [6, 6.07) is 5.05. The minimum atomic E-state index is -3.50. The molecule has 1 rings (SSSR count). The van der Waals surface area contributed by atoms with Gasteiger partial charge in [-0.25, -0.2) is 13.1 Å². The van der Waals surface area contributed by atoms with E-state index in [4.69, 9.17) is 4.74 Å². The third kappa shape index (κ3) is 5.30. The van der Waals surface area contributed by atoms with Gasteiger partial charge in [0.05, 0.1) is 12.0 Å². The van der Waals surface area contributed by atoms with E-state index in [1.165, 1.54) is 7.11 Å². The van der Waals surface area contributed by atoms with Gasteiger partial charge in [-0.05, 0) is 52.3 Å². The summed E-state index contributed by atoms with van der Waals surface area (Å²) in [6.07, 6.45) is 1.67. The Balaban J connectivity index is 2.70. The molecule has 0 atom stereocenters. The molecule has 0 aliphatic rings. The van der Waals surface area contributed by atoms with Crippen LogP contribution in [0.15, 0.2) is 23.1 Å². The van der Waals surface area contributed by atoms with E-state index in [0.29, 0.717) is 17.9 Å². The van der Waals surface area contributed by atoms with Gasteiger partial charge in [0.2, 0.25) is 10.0 Å². The van der Waals surface area contributed by atoms with E-state index in [-0.39, 0.29) is 10.4 Å². The van der Waals surface area contributed by atoms with Crippen LogP contribution in [0.2, 0.25) is 0 Å². The molecule has 0 amide bonds. The average molecular weight is 314 g/mol. The van der Waals surface area contributed by atoms with Crippen molar-refractivity contribution in [1.29, 1.82) is 0 Å². The Labute approximate surface area is 128 Å². The minimum Gasteiger partial charge on any atom is -0.497 e. The molecule has 0 radical (unpaired) electrons. The van der Waals surface area contributed by atoms with Crippen LogP contribution in [0, 0.1) is 6.92 Å². The normalized spacial score (nSPS) is 12.4. The van der Waals surface area contributed by atoms with Crippen LogP contribution in [0.4, 0.5) is 0 Å². The predicted molar refractivity (Wildman–Crippen MR) is 85.3 cm³/mol. The summed E-state index contributed by atoms with van der Waals surface area (Å²) < 4.78 is 32.4. The summed E-state index contributed by atoms with van der Waals surface area (Å²) in [5.74, 6) is 0.539. The summed E-state index contributed by atoms with van der Waals surface area (Å²) in [6.45, 7) is 6.38. The van der Waals surface area contributed by atoms with E-state index in [1.807, 2.05) is 7.05 Å². The second-order valence-electron chi connectivity index (χ2n) is 5.77. The van der Waals surface area contributed by atoms with Crippen LogP contribution < -0.4 is 14.8 Å². The molecule has 6 heteroatoms.